The first-order valence-corrected chi connectivity index (χ1v) is 7.90. The molecule has 0 saturated carbocycles. The maximum atomic E-state index is 5.55. The molecule has 1 N–H and O–H groups in total. The molecule has 112 valence electrons. The van der Waals surface area contributed by atoms with Crippen LogP contribution in [0, 0.1) is 6.92 Å². The van der Waals surface area contributed by atoms with Gasteiger partial charge in [-0.1, -0.05) is 19.1 Å². The summed E-state index contributed by atoms with van der Waals surface area (Å²) in [5.41, 5.74) is 3.58. The van der Waals surface area contributed by atoms with E-state index in [9.17, 15) is 0 Å². The van der Waals surface area contributed by atoms with Gasteiger partial charge in [0.2, 0.25) is 0 Å². The zero-order valence-corrected chi connectivity index (χ0v) is 14.3. The van der Waals surface area contributed by atoms with E-state index in [-0.39, 0.29) is 6.04 Å². The Labute approximate surface area is 134 Å². The Morgan fingerprint density at radius 1 is 1.29 bits per heavy atom. The van der Waals surface area contributed by atoms with Crippen molar-refractivity contribution in [2.75, 3.05) is 13.7 Å². The highest BCUT2D eigenvalue weighted by Crippen LogP contribution is 2.29. The number of halogens is 1. The minimum Gasteiger partial charge on any atom is -0.496 e. The Morgan fingerprint density at radius 2 is 2.10 bits per heavy atom. The monoisotopic (exact) mass is 348 g/mol. The number of likely N-dealkylation sites (N-methyl/N-ethyl adjacent to an activating group) is 1. The van der Waals surface area contributed by atoms with Gasteiger partial charge in [0.15, 0.2) is 0 Å². The molecule has 0 aliphatic heterocycles. The number of nitrogens with one attached hydrogen (secondary N) is 1. The second-order valence-corrected chi connectivity index (χ2v) is 5.99. The number of aromatic nitrogens is 1. The number of methoxy groups -OCH3 is 1. The van der Waals surface area contributed by atoms with Crippen LogP contribution in [-0.2, 0) is 6.42 Å². The quantitative estimate of drug-likeness (QED) is 0.854. The van der Waals surface area contributed by atoms with Gasteiger partial charge in [-0.25, -0.2) is 0 Å². The van der Waals surface area contributed by atoms with Crippen LogP contribution in [0.4, 0.5) is 0 Å². The molecule has 0 saturated heterocycles. The molecule has 0 amide bonds. The van der Waals surface area contributed by atoms with Gasteiger partial charge in [-0.05, 0) is 59.1 Å². The van der Waals surface area contributed by atoms with E-state index in [1.165, 1.54) is 16.7 Å². The largest absolute Gasteiger partial charge is 0.496 e. The van der Waals surface area contributed by atoms with E-state index >= 15 is 0 Å². The molecule has 0 aliphatic carbocycles. The van der Waals surface area contributed by atoms with Crippen molar-refractivity contribution in [1.29, 1.82) is 0 Å². The summed E-state index contributed by atoms with van der Waals surface area (Å²) in [5.74, 6) is 0.934. The molecular weight excluding hydrogens is 328 g/mol. The summed E-state index contributed by atoms with van der Waals surface area (Å²) in [6.45, 7) is 5.10. The fraction of sp³-hybridized carbons (Fsp3) is 0.353. The standard InChI is InChI=1S/C17H21BrN2O/c1-4-20-16(9-13-8-14(18)11-19-10-13)15-6-5-12(2)7-17(15)21-3/h5-8,10-11,16,20H,4,9H2,1-3H3. The lowest BCUT2D eigenvalue weighted by Gasteiger charge is -2.21. The third kappa shape index (κ3) is 4.29. The highest BCUT2D eigenvalue weighted by atomic mass is 79.9. The van der Waals surface area contributed by atoms with Gasteiger partial charge in [0, 0.05) is 28.5 Å². The van der Waals surface area contributed by atoms with Crippen LogP contribution in [0.25, 0.3) is 0 Å². The maximum absolute atomic E-state index is 5.55. The van der Waals surface area contributed by atoms with E-state index in [4.69, 9.17) is 4.74 Å². The molecule has 0 radical (unpaired) electrons. The maximum Gasteiger partial charge on any atom is 0.123 e. The van der Waals surface area contributed by atoms with Gasteiger partial charge in [-0.2, -0.15) is 0 Å². The number of hydrogen-bond donors (Lipinski definition) is 1. The average Bonchev–Trinajstić information content (AvgIpc) is 2.47. The van der Waals surface area contributed by atoms with Crippen LogP contribution in [-0.4, -0.2) is 18.6 Å². The van der Waals surface area contributed by atoms with Gasteiger partial charge in [0.05, 0.1) is 7.11 Å². The van der Waals surface area contributed by atoms with Crippen molar-refractivity contribution in [3.63, 3.8) is 0 Å². The molecule has 3 nitrogen and oxygen atoms in total. The third-order valence-corrected chi connectivity index (χ3v) is 3.85. The summed E-state index contributed by atoms with van der Waals surface area (Å²) < 4.78 is 6.56. The summed E-state index contributed by atoms with van der Waals surface area (Å²) in [6, 6.07) is 8.67. The van der Waals surface area contributed by atoms with Crippen LogP contribution in [0.1, 0.15) is 29.7 Å². The van der Waals surface area contributed by atoms with Crippen LogP contribution >= 0.6 is 15.9 Å². The first-order valence-electron chi connectivity index (χ1n) is 7.11. The molecule has 1 aromatic heterocycles. The molecule has 21 heavy (non-hydrogen) atoms. The first-order chi connectivity index (χ1) is 10.1. The lowest BCUT2D eigenvalue weighted by atomic mass is 9.97. The van der Waals surface area contributed by atoms with Crippen molar-refractivity contribution in [2.45, 2.75) is 26.3 Å². The molecule has 1 atom stereocenters. The van der Waals surface area contributed by atoms with Crippen molar-refractivity contribution >= 4 is 15.9 Å². The Hall–Kier alpha value is -1.39. The number of pyridine rings is 1. The molecule has 1 unspecified atom stereocenters. The van der Waals surface area contributed by atoms with Gasteiger partial charge in [-0.3, -0.25) is 4.98 Å². The van der Waals surface area contributed by atoms with Gasteiger partial charge < -0.3 is 10.1 Å². The third-order valence-electron chi connectivity index (χ3n) is 3.42. The van der Waals surface area contributed by atoms with Crippen molar-refractivity contribution in [2.24, 2.45) is 0 Å². The van der Waals surface area contributed by atoms with Gasteiger partial charge in [0.1, 0.15) is 5.75 Å². The Balaban J connectivity index is 2.30. The van der Waals surface area contributed by atoms with Gasteiger partial charge in [0.25, 0.3) is 0 Å². The molecule has 0 spiro atoms. The van der Waals surface area contributed by atoms with Crippen LogP contribution in [0.2, 0.25) is 0 Å². The Bertz CT molecular complexity index is 601. The lowest BCUT2D eigenvalue weighted by Crippen LogP contribution is -2.23. The van der Waals surface area contributed by atoms with Crippen LogP contribution in [0.3, 0.4) is 0 Å². The van der Waals surface area contributed by atoms with E-state index in [1.54, 1.807) is 13.3 Å². The van der Waals surface area contributed by atoms with Gasteiger partial charge >= 0.3 is 0 Å². The topological polar surface area (TPSA) is 34.2 Å². The minimum atomic E-state index is 0.210. The number of nitrogens with zero attached hydrogens (tertiary/aromatic N) is 1. The smallest absolute Gasteiger partial charge is 0.123 e. The molecule has 0 fully saturated rings. The second kappa shape index (κ2) is 7.57. The number of aryl methyl sites for hydroxylation is 1. The zero-order valence-electron chi connectivity index (χ0n) is 12.7. The summed E-state index contributed by atoms with van der Waals surface area (Å²) in [6.07, 6.45) is 4.59. The van der Waals surface area contributed by atoms with Crippen molar-refractivity contribution < 1.29 is 4.74 Å². The normalized spacial score (nSPS) is 12.2. The molecule has 2 aromatic rings. The summed E-state index contributed by atoms with van der Waals surface area (Å²) in [7, 11) is 1.72. The van der Waals surface area contributed by atoms with E-state index in [0.29, 0.717) is 0 Å². The van der Waals surface area contributed by atoms with Crippen molar-refractivity contribution in [3.05, 3.63) is 57.8 Å². The number of hydrogen-bond acceptors (Lipinski definition) is 3. The fourth-order valence-electron chi connectivity index (χ4n) is 2.45. The highest BCUT2D eigenvalue weighted by Gasteiger charge is 2.16. The molecular formula is C17H21BrN2O. The Morgan fingerprint density at radius 3 is 2.76 bits per heavy atom. The van der Waals surface area contributed by atoms with Crippen molar-refractivity contribution in [3.8, 4) is 5.75 Å². The van der Waals surface area contributed by atoms with Crippen molar-refractivity contribution in [1.82, 2.24) is 10.3 Å². The number of rotatable bonds is 6. The van der Waals surface area contributed by atoms with E-state index in [0.717, 1.165) is 23.2 Å². The molecule has 1 aromatic carbocycles. The Kier molecular flexibility index (Phi) is 5.76. The first kappa shape index (κ1) is 16.0. The van der Waals surface area contributed by atoms with E-state index in [2.05, 4.69) is 64.3 Å². The lowest BCUT2D eigenvalue weighted by molar-refractivity contribution is 0.399. The summed E-state index contributed by atoms with van der Waals surface area (Å²) in [5, 5.41) is 3.54. The average molecular weight is 349 g/mol. The SMILES string of the molecule is CCNC(Cc1cncc(Br)c1)c1ccc(C)cc1OC. The van der Waals surface area contributed by atoms with Crippen LogP contribution in [0.5, 0.6) is 5.75 Å². The fourth-order valence-corrected chi connectivity index (χ4v) is 2.86. The predicted octanol–water partition coefficient (Wildman–Crippen LogP) is 4.05. The molecule has 4 heteroatoms. The predicted molar refractivity (Wildman–Crippen MR) is 89.8 cm³/mol. The molecule has 1 heterocycles. The van der Waals surface area contributed by atoms with Crippen LogP contribution < -0.4 is 10.1 Å². The second-order valence-electron chi connectivity index (χ2n) is 5.07. The zero-order chi connectivity index (χ0) is 15.2. The molecule has 0 bridgehead atoms. The van der Waals surface area contributed by atoms with E-state index < -0.39 is 0 Å². The molecule has 0 aliphatic rings. The van der Waals surface area contributed by atoms with Gasteiger partial charge in [-0.15, -0.1) is 0 Å². The summed E-state index contributed by atoms with van der Waals surface area (Å²) >= 11 is 3.48. The highest BCUT2D eigenvalue weighted by molar-refractivity contribution is 9.10. The minimum absolute atomic E-state index is 0.210. The number of ether oxygens (including phenoxy) is 1. The van der Waals surface area contributed by atoms with Crippen LogP contribution in [0.15, 0.2) is 41.1 Å². The molecule has 2 rings (SSSR count). The number of benzene rings is 1. The summed E-state index contributed by atoms with van der Waals surface area (Å²) in [4.78, 5) is 4.24. The van der Waals surface area contributed by atoms with E-state index in [1.807, 2.05) is 6.20 Å².